The third-order valence-electron chi connectivity index (χ3n) is 4.01. The van der Waals surface area contributed by atoms with Gasteiger partial charge in [-0.3, -0.25) is 0 Å². The van der Waals surface area contributed by atoms with Crippen LogP contribution in [0.4, 0.5) is 13.6 Å². The maximum Gasteiger partial charge on any atom is 0.410 e. The smallest absolute Gasteiger partial charge is 0.410 e. The van der Waals surface area contributed by atoms with Gasteiger partial charge in [-0.1, -0.05) is 0 Å². The molecule has 0 aliphatic carbocycles. The Labute approximate surface area is 112 Å². The van der Waals surface area contributed by atoms with Gasteiger partial charge in [0.15, 0.2) is 0 Å². The lowest BCUT2D eigenvalue weighted by molar-refractivity contribution is -0.0564. The predicted molar refractivity (Wildman–Crippen MR) is 67.3 cm³/mol. The molecule has 110 valence electrons. The van der Waals surface area contributed by atoms with Crippen molar-refractivity contribution < 1.29 is 18.3 Å². The molecule has 2 atom stereocenters. The van der Waals surface area contributed by atoms with Gasteiger partial charge in [0, 0.05) is 19.1 Å². The number of hydrogen-bond donors (Lipinski definition) is 1. The number of fused-ring (bicyclic) bond motifs is 1. The summed E-state index contributed by atoms with van der Waals surface area (Å²) >= 11 is 0. The van der Waals surface area contributed by atoms with Crippen LogP contribution in [0.15, 0.2) is 0 Å². The highest BCUT2D eigenvalue weighted by Crippen LogP contribution is 2.44. The van der Waals surface area contributed by atoms with E-state index in [4.69, 9.17) is 4.74 Å². The predicted octanol–water partition coefficient (Wildman–Crippen LogP) is 2.24. The van der Waals surface area contributed by atoms with Crippen LogP contribution in [-0.4, -0.2) is 48.7 Å². The maximum atomic E-state index is 13.3. The van der Waals surface area contributed by atoms with Crippen LogP contribution in [0.2, 0.25) is 0 Å². The Balaban J connectivity index is 2.02. The number of amides is 1. The van der Waals surface area contributed by atoms with Crippen molar-refractivity contribution in [2.24, 2.45) is 5.41 Å². The molecule has 1 N–H and O–H groups in total. The van der Waals surface area contributed by atoms with E-state index >= 15 is 0 Å². The highest BCUT2D eigenvalue weighted by molar-refractivity contribution is 5.68. The molecule has 4 nitrogen and oxygen atoms in total. The fourth-order valence-corrected chi connectivity index (χ4v) is 2.92. The molecule has 0 radical (unpaired) electrons. The van der Waals surface area contributed by atoms with E-state index in [0.29, 0.717) is 32.5 Å². The molecule has 2 fully saturated rings. The molecular weight excluding hydrogens is 254 g/mol. The van der Waals surface area contributed by atoms with E-state index < -0.39 is 23.5 Å². The quantitative estimate of drug-likeness (QED) is 0.798. The molecule has 0 saturated carbocycles. The van der Waals surface area contributed by atoms with Crippen LogP contribution in [0.5, 0.6) is 0 Å². The van der Waals surface area contributed by atoms with E-state index in [0.717, 1.165) is 0 Å². The van der Waals surface area contributed by atoms with Crippen LogP contribution in [0.3, 0.4) is 0 Å². The van der Waals surface area contributed by atoms with Crippen molar-refractivity contribution in [2.45, 2.75) is 51.7 Å². The summed E-state index contributed by atoms with van der Waals surface area (Å²) < 4.78 is 31.9. The molecule has 0 aromatic carbocycles. The standard InChI is InChI=1S/C13H22F2N2O2/c1-12(2,3)19-11(18)17-7-5-13(10(14)15)4-6-16-9(13)8-17/h9-10,16H,4-8H2,1-3H3. The van der Waals surface area contributed by atoms with E-state index in [2.05, 4.69) is 5.32 Å². The van der Waals surface area contributed by atoms with Crippen molar-refractivity contribution in [1.82, 2.24) is 10.2 Å². The topological polar surface area (TPSA) is 41.6 Å². The number of nitrogens with zero attached hydrogens (tertiary/aromatic N) is 1. The lowest BCUT2D eigenvalue weighted by Gasteiger charge is -2.43. The average molecular weight is 276 g/mol. The van der Waals surface area contributed by atoms with Crippen LogP contribution < -0.4 is 5.32 Å². The Hall–Kier alpha value is -0.910. The molecule has 6 heteroatoms. The van der Waals surface area contributed by atoms with Crippen LogP contribution in [0, 0.1) is 5.41 Å². The van der Waals surface area contributed by atoms with Crippen LogP contribution in [-0.2, 0) is 4.74 Å². The minimum Gasteiger partial charge on any atom is -0.444 e. The Kier molecular flexibility index (Phi) is 3.73. The first-order valence-corrected chi connectivity index (χ1v) is 6.74. The summed E-state index contributed by atoms with van der Waals surface area (Å²) in [6.07, 6.45) is -1.93. The van der Waals surface area contributed by atoms with Gasteiger partial charge in [-0.15, -0.1) is 0 Å². The van der Waals surface area contributed by atoms with Crippen molar-refractivity contribution in [3.8, 4) is 0 Å². The molecule has 2 aliphatic rings. The summed E-state index contributed by atoms with van der Waals surface area (Å²) in [5.41, 5.74) is -1.52. The number of nitrogens with one attached hydrogen (secondary N) is 1. The number of carbonyl (C=O) groups excluding carboxylic acids is 1. The van der Waals surface area contributed by atoms with Crippen LogP contribution in [0.1, 0.15) is 33.6 Å². The Morgan fingerprint density at radius 3 is 2.68 bits per heavy atom. The monoisotopic (exact) mass is 276 g/mol. The number of hydrogen-bond acceptors (Lipinski definition) is 3. The van der Waals surface area contributed by atoms with Crippen LogP contribution >= 0.6 is 0 Å². The zero-order chi connectivity index (χ0) is 14.3. The lowest BCUT2D eigenvalue weighted by Crippen LogP contribution is -2.57. The van der Waals surface area contributed by atoms with Crippen molar-refractivity contribution in [3.63, 3.8) is 0 Å². The minimum absolute atomic E-state index is 0.305. The number of likely N-dealkylation sites (tertiary alicyclic amines) is 1. The fourth-order valence-electron chi connectivity index (χ4n) is 2.92. The molecule has 0 spiro atoms. The van der Waals surface area contributed by atoms with Gasteiger partial charge in [0.25, 0.3) is 0 Å². The molecule has 2 rings (SSSR count). The second-order valence-electron chi connectivity index (χ2n) is 6.47. The van der Waals surface area contributed by atoms with Crippen molar-refractivity contribution in [2.75, 3.05) is 19.6 Å². The summed E-state index contributed by atoms with van der Waals surface area (Å²) in [6.45, 7) is 6.64. The SMILES string of the molecule is CC(C)(C)OC(=O)N1CCC2(C(F)F)CCNC2C1. The minimum atomic E-state index is -2.34. The summed E-state index contributed by atoms with van der Waals surface area (Å²) in [5, 5.41) is 3.10. The van der Waals surface area contributed by atoms with Gasteiger partial charge >= 0.3 is 6.09 Å². The average Bonchev–Trinajstić information content (AvgIpc) is 2.70. The summed E-state index contributed by atoms with van der Waals surface area (Å²) in [4.78, 5) is 13.5. The van der Waals surface area contributed by atoms with Crippen molar-refractivity contribution >= 4 is 6.09 Å². The largest absolute Gasteiger partial charge is 0.444 e. The third-order valence-corrected chi connectivity index (χ3v) is 4.01. The van der Waals surface area contributed by atoms with Crippen molar-refractivity contribution in [3.05, 3.63) is 0 Å². The van der Waals surface area contributed by atoms with Gasteiger partial charge in [0.2, 0.25) is 6.43 Å². The van der Waals surface area contributed by atoms with Gasteiger partial charge in [0.05, 0.1) is 5.41 Å². The van der Waals surface area contributed by atoms with Crippen molar-refractivity contribution in [1.29, 1.82) is 0 Å². The zero-order valence-corrected chi connectivity index (χ0v) is 11.7. The van der Waals surface area contributed by atoms with E-state index in [1.807, 2.05) is 0 Å². The van der Waals surface area contributed by atoms with E-state index in [-0.39, 0.29) is 6.04 Å². The molecule has 2 heterocycles. The second kappa shape index (κ2) is 4.89. The molecule has 2 unspecified atom stereocenters. The molecule has 0 aromatic heterocycles. The maximum absolute atomic E-state index is 13.3. The highest BCUT2D eigenvalue weighted by Gasteiger charge is 2.53. The molecule has 2 aliphatic heterocycles. The Bertz CT molecular complexity index is 357. The lowest BCUT2D eigenvalue weighted by atomic mass is 9.75. The first-order valence-electron chi connectivity index (χ1n) is 6.74. The first kappa shape index (κ1) is 14.5. The highest BCUT2D eigenvalue weighted by atomic mass is 19.3. The van der Waals surface area contributed by atoms with Gasteiger partial charge in [-0.2, -0.15) is 0 Å². The number of carbonyl (C=O) groups is 1. The molecule has 19 heavy (non-hydrogen) atoms. The number of ether oxygens (including phenoxy) is 1. The Morgan fingerprint density at radius 1 is 1.42 bits per heavy atom. The van der Waals surface area contributed by atoms with Gasteiger partial charge in [-0.25, -0.2) is 13.6 Å². The fraction of sp³-hybridized carbons (Fsp3) is 0.923. The number of rotatable bonds is 1. The van der Waals surface area contributed by atoms with Gasteiger partial charge < -0.3 is 15.0 Å². The van der Waals surface area contributed by atoms with Gasteiger partial charge in [0.1, 0.15) is 5.60 Å². The second-order valence-corrected chi connectivity index (χ2v) is 6.47. The van der Waals surface area contributed by atoms with Gasteiger partial charge in [-0.05, 0) is 40.2 Å². The number of piperidine rings is 1. The van der Waals surface area contributed by atoms with E-state index in [1.165, 1.54) is 4.90 Å². The van der Waals surface area contributed by atoms with E-state index in [1.54, 1.807) is 20.8 Å². The number of halogens is 2. The molecule has 0 bridgehead atoms. The third kappa shape index (κ3) is 2.83. The normalized spacial score (nSPS) is 31.5. The van der Waals surface area contributed by atoms with E-state index in [9.17, 15) is 13.6 Å². The molecule has 0 aromatic rings. The van der Waals surface area contributed by atoms with Crippen LogP contribution in [0.25, 0.3) is 0 Å². The summed E-state index contributed by atoms with van der Waals surface area (Å²) in [7, 11) is 0. The first-order chi connectivity index (χ1) is 8.74. The molecule has 1 amide bonds. The molecule has 2 saturated heterocycles. The molecular formula is C13H22F2N2O2. The summed E-state index contributed by atoms with van der Waals surface area (Å²) in [6, 6.07) is -0.325. The number of alkyl halides is 2. The Morgan fingerprint density at radius 2 is 2.11 bits per heavy atom. The summed E-state index contributed by atoms with van der Waals surface area (Å²) in [5.74, 6) is 0. The zero-order valence-electron chi connectivity index (χ0n) is 11.7.